The van der Waals surface area contributed by atoms with E-state index in [1.165, 1.54) is 30.9 Å². The summed E-state index contributed by atoms with van der Waals surface area (Å²) in [5.74, 6) is -0.121. The van der Waals surface area contributed by atoms with E-state index in [2.05, 4.69) is 16.1 Å². The number of nitrogens with zero attached hydrogens (tertiary/aromatic N) is 1. The minimum Gasteiger partial charge on any atom is -0.495 e. The number of carbonyl (C=O) groups excluding carboxylic acids is 1. The number of ether oxygens (including phenoxy) is 1. The summed E-state index contributed by atoms with van der Waals surface area (Å²) in [5, 5.41) is 3.68. The lowest BCUT2D eigenvalue weighted by atomic mass is 10.2. The number of hydrogen-bond donors (Lipinski definition) is 2. The molecule has 10 heteroatoms. The molecule has 1 amide bonds. The van der Waals surface area contributed by atoms with Gasteiger partial charge in [-0.3, -0.25) is 9.52 Å². The largest absolute Gasteiger partial charge is 0.495 e. The summed E-state index contributed by atoms with van der Waals surface area (Å²) >= 11 is 7.82. The molecule has 0 fully saturated rings. The van der Waals surface area contributed by atoms with Crippen molar-refractivity contribution in [3.63, 3.8) is 0 Å². The summed E-state index contributed by atoms with van der Waals surface area (Å²) in [7, 11) is -2.66. The third-order valence-electron chi connectivity index (χ3n) is 5.77. The van der Waals surface area contributed by atoms with Crippen molar-refractivity contribution in [3.05, 3.63) is 101 Å². The molecule has 0 unspecified atom stereocenters. The lowest BCUT2D eigenvalue weighted by Crippen LogP contribution is -2.17. The molecule has 5 rings (SSSR count). The highest BCUT2D eigenvalue weighted by atomic mass is 35.5. The first-order valence-corrected chi connectivity index (χ1v) is 14.2. The van der Waals surface area contributed by atoms with E-state index in [9.17, 15) is 13.2 Å². The predicted molar refractivity (Wildman–Crippen MR) is 153 cm³/mol. The van der Waals surface area contributed by atoms with Gasteiger partial charge in [0.15, 0.2) is 0 Å². The van der Waals surface area contributed by atoms with Crippen LogP contribution in [0.4, 0.5) is 11.4 Å². The number of aryl methyl sites for hydroxylation is 1. The van der Waals surface area contributed by atoms with Crippen LogP contribution in [-0.4, -0.2) is 26.4 Å². The van der Waals surface area contributed by atoms with E-state index in [-0.39, 0.29) is 21.2 Å². The Morgan fingerprint density at radius 2 is 1.74 bits per heavy atom. The molecule has 1 aromatic heterocycles. The van der Waals surface area contributed by atoms with E-state index in [1.54, 1.807) is 47.7 Å². The molecule has 4 aromatic carbocycles. The summed E-state index contributed by atoms with van der Waals surface area (Å²) in [6, 6.07) is 24.2. The van der Waals surface area contributed by atoms with Gasteiger partial charge in [0.2, 0.25) is 0 Å². The van der Waals surface area contributed by atoms with E-state index in [4.69, 9.17) is 21.3 Å². The van der Waals surface area contributed by atoms with Crippen LogP contribution in [0.5, 0.6) is 5.75 Å². The van der Waals surface area contributed by atoms with Crippen LogP contribution >= 0.6 is 22.9 Å². The third kappa shape index (κ3) is 5.35. The van der Waals surface area contributed by atoms with E-state index < -0.39 is 15.9 Å². The number of carbonyl (C=O) groups is 1. The Kier molecular flexibility index (Phi) is 7.07. The minimum absolute atomic E-state index is 0.0145. The van der Waals surface area contributed by atoms with Crippen LogP contribution in [0.15, 0.2) is 89.8 Å². The second kappa shape index (κ2) is 10.4. The van der Waals surface area contributed by atoms with Crippen molar-refractivity contribution in [3.8, 4) is 16.3 Å². The van der Waals surface area contributed by atoms with Crippen molar-refractivity contribution >= 4 is 60.5 Å². The van der Waals surface area contributed by atoms with Gasteiger partial charge < -0.3 is 10.1 Å². The molecule has 0 radical (unpaired) electrons. The molecule has 0 aliphatic rings. The fraction of sp³-hybridized carbons (Fsp3) is 0.0714. The molecule has 0 aliphatic carbocycles. The van der Waals surface area contributed by atoms with Crippen molar-refractivity contribution in [2.45, 2.75) is 11.8 Å². The lowest BCUT2D eigenvalue weighted by Gasteiger charge is -2.13. The third-order valence-corrected chi connectivity index (χ3v) is 8.68. The topological polar surface area (TPSA) is 97.4 Å². The molecular formula is C28H22ClN3O4S2. The lowest BCUT2D eigenvalue weighted by molar-refractivity contribution is 0.102. The van der Waals surface area contributed by atoms with Gasteiger partial charge in [-0.25, -0.2) is 13.4 Å². The number of anilines is 2. The van der Waals surface area contributed by atoms with Crippen LogP contribution in [0.2, 0.25) is 5.02 Å². The fourth-order valence-electron chi connectivity index (χ4n) is 3.83. The van der Waals surface area contributed by atoms with Gasteiger partial charge in [0.1, 0.15) is 15.7 Å². The molecule has 0 bridgehead atoms. The summed E-state index contributed by atoms with van der Waals surface area (Å²) in [5.41, 5.74) is 4.01. The highest BCUT2D eigenvalue weighted by Crippen LogP contribution is 2.32. The molecular weight excluding hydrogens is 542 g/mol. The summed E-state index contributed by atoms with van der Waals surface area (Å²) in [6.45, 7) is 2.05. The fourth-order valence-corrected chi connectivity index (χ4v) is 6.50. The molecule has 0 aliphatic heterocycles. The van der Waals surface area contributed by atoms with Crippen molar-refractivity contribution in [2.24, 2.45) is 0 Å². The summed E-state index contributed by atoms with van der Waals surface area (Å²) in [6.07, 6.45) is 0. The minimum atomic E-state index is -4.10. The maximum Gasteiger partial charge on any atom is 0.263 e. The van der Waals surface area contributed by atoms with Crippen molar-refractivity contribution in [1.29, 1.82) is 0 Å². The van der Waals surface area contributed by atoms with Gasteiger partial charge >= 0.3 is 0 Å². The zero-order valence-electron chi connectivity index (χ0n) is 20.4. The number of sulfonamides is 1. The molecule has 192 valence electrons. The number of thiazole rings is 1. The maximum atomic E-state index is 13.1. The molecule has 7 nitrogen and oxygen atoms in total. The highest BCUT2D eigenvalue weighted by Gasteiger charge is 2.22. The number of para-hydroxylation sites is 2. The van der Waals surface area contributed by atoms with Gasteiger partial charge in [-0.1, -0.05) is 29.8 Å². The number of hydrogen-bond acceptors (Lipinski definition) is 6. The van der Waals surface area contributed by atoms with E-state index in [0.29, 0.717) is 11.4 Å². The van der Waals surface area contributed by atoms with Gasteiger partial charge in [-0.05, 0) is 79.2 Å². The number of amides is 1. The molecule has 0 saturated carbocycles. The number of fused-ring (bicyclic) bond motifs is 1. The molecule has 2 N–H and O–H groups in total. The monoisotopic (exact) mass is 563 g/mol. The zero-order valence-corrected chi connectivity index (χ0v) is 22.7. The van der Waals surface area contributed by atoms with Crippen LogP contribution in [0.25, 0.3) is 20.8 Å². The molecule has 5 aromatic rings. The maximum absolute atomic E-state index is 13.1. The van der Waals surface area contributed by atoms with E-state index >= 15 is 0 Å². The van der Waals surface area contributed by atoms with Crippen molar-refractivity contribution in [1.82, 2.24) is 4.98 Å². The molecule has 0 atom stereocenters. The number of rotatable bonds is 7. The standard InChI is InChI=1S/C28H22ClN3O4S2/c1-17-7-14-23-25(15-17)37-28(31-23)18-8-11-20(12-9-18)30-27(33)19-10-13-21(29)26(16-19)38(34,35)32-22-5-3-4-6-24(22)36-2/h3-16,32H,1-2H3,(H,30,33). The van der Waals surface area contributed by atoms with Gasteiger partial charge in [-0.2, -0.15) is 0 Å². The predicted octanol–water partition coefficient (Wildman–Crippen LogP) is 6.99. The van der Waals surface area contributed by atoms with Crippen LogP contribution in [-0.2, 0) is 10.0 Å². The SMILES string of the molecule is COc1ccccc1NS(=O)(=O)c1cc(C(=O)Nc2ccc(-c3nc4ccc(C)cc4s3)cc2)ccc1Cl. The smallest absolute Gasteiger partial charge is 0.263 e. The Hall–Kier alpha value is -3.92. The molecule has 38 heavy (non-hydrogen) atoms. The first kappa shape index (κ1) is 25.7. The number of benzene rings is 4. The first-order chi connectivity index (χ1) is 18.2. The first-order valence-electron chi connectivity index (χ1n) is 11.5. The Balaban J connectivity index is 1.34. The van der Waals surface area contributed by atoms with Crippen molar-refractivity contribution in [2.75, 3.05) is 17.1 Å². The number of nitrogens with one attached hydrogen (secondary N) is 2. The average molecular weight is 564 g/mol. The summed E-state index contributed by atoms with van der Waals surface area (Å²) < 4.78 is 35.0. The number of halogens is 1. The van der Waals surface area contributed by atoms with Gasteiger partial charge in [0.05, 0.1) is 28.0 Å². The summed E-state index contributed by atoms with van der Waals surface area (Å²) in [4.78, 5) is 17.4. The Morgan fingerprint density at radius 1 is 0.974 bits per heavy atom. The normalized spacial score (nSPS) is 11.3. The Labute approximate surface area is 229 Å². The van der Waals surface area contributed by atoms with Gasteiger partial charge in [0.25, 0.3) is 15.9 Å². The Morgan fingerprint density at radius 3 is 2.50 bits per heavy atom. The zero-order chi connectivity index (χ0) is 26.9. The van der Waals surface area contributed by atoms with Crippen LogP contribution < -0.4 is 14.8 Å². The van der Waals surface area contributed by atoms with E-state index in [0.717, 1.165) is 20.8 Å². The molecule has 0 saturated heterocycles. The molecule has 1 heterocycles. The van der Waals surface area contributed by atoms with Crippen LogP contribution in [0.3, 0.4) is 0 Å². The second-order valence-electron chi connectivity index (χ2n) is 8.47. The van der Waals surface area contributed by atoms with Crippen molar-refractivity contribution < 1.29 is 17.9 Å². The average Bonchev–Trinajstić information content (AvgIpc) is 3.32. The number of aromatic nitrogens is 1. The van der Waals surface area contributed by atoms with Crippen LogP contribution in [0, 0.1) is 6.92 Å². The number of methoxy groups -OCH3 is 1. The van der Waals surface area contributed by atoms with Gasteiger partial charge in [-0.15, -0.1) is 11.3 Å². The quantitative estimate of drug-likeness (QED) is 0.222. The highest BCUT2D eigenvalue weighted by molar-refractivity contribution is 7.92. The van der Waals surface area contributed by atoms with Gasteiger partial charge in [0, 0.05) is 16.8 Å². The second-order valence-corrected chi connectivity index (χ2v) is 11.6. The van der Waals surface area contributed by atoms with Crippen LogP contribution in [0.1, 0.15) is 15.9 Å². The Bertz CT molecular complexity index is 1770. The van der Waals surface area contributed by atoms with E-state index in [1.807, 2.05) is 31.2 Å². The molecule has 0 spiro atoms.